The van der Waals surface area contributed by atoms with Gasteiger partial charge in [-0.3, -0.25) is 4.79 Å². The van der Waals surface area contributed by atoms with Gasteiger partial charge in [0.05, 0.1) is 13.5 Å². The van der Waals surface area contributed by atoms with Gasteiger partial charge in [0.15, 0.2) is 11.5 Å². The molecule has 0 aliphatic heterocycles. The fraction of sp³-hybridized carbons (Fsp3) is 0.300. The van der Waals surface area contributed by atoms with E-state index in [-0.39, 0.29) is 12.2 Å². The van der Waals surface area contributed by atoms with Crippen molar-refractivity contribution in [2.75, 3.05) is 7.11 Å². The maximum Gasteiger partial charge on any atom is 0.307 e. The van der Waals surface area contributed by atoms with E-state index >= 15 is 0 Å². The molecule has 0 amide bonds. The van der Waals surface area contributed by atoms with Gasteiger partial charge in [0, 0.05) is 15.6 Å². The molecule has 0 spiro atoms. The van der Waals surface area contributed by atoms with Crippen LogP contribution in [0.1, 0.15) is 11.1 Å². The summed E-state index contributed by atoms with van der Waals surface area (Å²) in [5, 5.41) is 18.4. The van der Waals surface area contributed by atoms with Gasteiger partial charge in [-0.1, -0.05) is 15.9 Å². The molecule has 0 heterocycles. The molecule has 5 heteroatoms. The van der Waals surface area contributed by atoms with Crippen LogP contribution >= 0.6 is 15.9 Å². The largest absolute Gasteiger partial charge is 0.504 e. The molecule has 0 aliphatic carbocycles. The Labute approximate surface area is 95.6 Å². The van der Waals surface area contributed by atoms with E-state index in [0.29, 0.717) is 15.8 Å². The van der Waals surface area contributed by atoms with E-state index in [1.165, 1.54) is 7.11 Å². The number of phenolic OH excluding ortho intramolecular Hbond substituents is 1. The lowest BCUT2D eigenvalue weighted by molar-refractivity contribution is -0.136. The number of phenols is 1. The van der Waals surface area contributed by atoms with Crippen LogP contribution in [0.2, 0.25) is 0 Å². The van der Waals surface area contributed by atoms with E-state index in [4.69, 9.17) is 9.84 Å². The number of halogens is 1. The number of carboxylic acids is 1. The molecule has 0 saturated carbocycles. The molecule has 0 aromatic heterocycles. The quantitative estimate of drug-likeness (QED) is 0.886. The Hall–Kier alpha value is -1.23. The predicted molar refractivity (Wildman–Crippen MR) is 58.4 cm³/mol. The second-order valence-corrected chi connectivity index (χ2v) is 3.95. The van der Waals surface area contributed by atoms with Crippen LogP contribution < -0.4 is 4.74 Å². The Kier molecular flexibility index (Phi) is 3.57. The molecule has 1 aromatic rings. The topological polar surface area (TPSA) is 66.8 Å². The molecular weight excluding hydrogens is 264 g/mol. The van der Waals surface area contributed by atoms with Crippen molar-refractivity contribution in [3.05, 3.63) is 21.7 Å². The normalized spacial score (nSPS) is 10.1. The standard InChI is InChI=1S/C10H11BrO4/c1-5-7(11)3-6(4-8(12)13)9(14)10(5)15-2/h3,14H,4H2,1-2H3,(H,12,13). The van der Waals surface area contributed by atoms with Crippen molar-refractivity contribution in [3.8, 4) is 11.5 Å². The fourth-order valence-corrected chi connectivity index (χ4v) is 1.77. The minimum absolute atomic E-state index is 0.111. The minimum atomic E-state index is -0.997. The van der Waals surface area contributed by atoms with E-state index in [1.54, 1.807) is 13.0 Å². The summed E-state index contributed by atoms with van der Waals surface area (Å²) in [5.41, 5.74) is 1.07. The average Bonchev–Trinajstić information content (AvgIpc) is 2.14. The number of aromatic hydroxyl groups is 1. The minimum Gasteiger partial charge on any atom is -0.504 e. The van der Waals surface area contributed by atoms with E-state index < -0.39 is 5.97 Å². The fourth-order valence-electron chi connectivity index (χ4n) is 1.31. The molecule has 82 valence electrons. The van der Waals surface area contributed by atoms with E-state index in [9.17, 15) is 9.90 Å². The lowest BCUT2D eigenvalue weighted by Crippen LogP contribution is -2.02. The molecule has 0 fully saturated rings. The zero-order valence-electron chi connectivity index (χ0n) is 8.37. The highest BCUT2D eigenvalue weighted by molar-refractivity contribution is 9.10. The lowest BCUT2D eigenvalue weighted by Gasteiger charge is -2.12. The van der Waals surface area contributed by atoms with Crippen LogP contribution in [0.4, 0.5) is 0 Å². The molecule has 0 aliphatic rings. The Morgan fingerprint density at radius 1 is 1.60 bits per heavy atom. The summed E-state index contributed by atoms with van der Waals surface area (Å²) in [5.74, 6) is -0.802. The number of hydrogen-bond acceptors (Lipinski definition) is 3. The van der Waals surface area contributed by atoms with Crippen LogP contribution in [-0.2, 0) is 11.2 Å². The van der Waals surface area contributed by atoms with Crippen LogP contribution in [0, 0.1) is 6.92 Å². The number of carbonyl (C=O) groups is 1. The Bertz CT molecular complexity index is 401. The number of ether oxygens (including phenoxy) is 1. The van der Waals surface area contributed by atoms with Crippen molar-refractivity contribution in [2.24, 2.45) is 0 Å². The van der Waals surface area contributed by atoms with Gasteiger partial charge in [-0.2, -0.15) is 0 Å². The first-order valence-corrected chi connectivity index (χ1v) is 5.03. The number of hydrogen-bond donors (Lipinski definition) is 2. The van der Waals surface area contributed by atoms with Gasteiger partial charge in [-0.05, 0) is 13.0 Å². The van der Waals surface area contributed by atoms with Crippen molar-refractivity contribution >= 4 is 21.9 Å². The Balaban J connectivity index is 3.30. The van der Waals surface area contributed by atoms with Gasteiger partial charge in [-0.15, -0.1) is 0 Å². The molecule has 0 bridgehead atoms. The lowest BCUT2D eigenvalue weighted by atomic mass is 10.1. The smallest absolute Gasteiger partial charge is 0.307 e. The van der Waals surface area contributed by atoms with Crippen LogP contribution in [0.15, 0.2) is 10.5 Å². The summed E-state index contributed by atoms with van der Waals surface area (Å²) >= 11 is 3.28. The van der Waals surface area contributed by atoms with Crippen LogP contribution in [-0.4, -0.2) is 23.3 Å². The van der Waals surface area contributed by atoms with E-state index in [1.807, 2.05) is 0 Å². The molecule has 0 unspecified atom stereocenters. The van der Waals surface area contributed by atoms with Gasteiger partial charge in [-0.25, -0.2) is 0 Å². The molecular formula is C10H11BrO4. The average molecular weight is 275 g/mol. The number of benzene rings is 1. The third-order valence-electron chi connectivity index (χ3n) is 2.06. The first-order chi connectivity index (χ1) is 6.97. The summed E-state index contributed by atoms with van der Waals surface area (Å²) < 4.78 is 5.72. The first kappa shape index (κ1) is 11.8. The summed E-state index contributed by atoms with van der Waals surface area (Å²) in [7, 11) is 1.43. The van der Waals surface area contributed by atoms with Gasteiger partial charge >= 0.3 is 5.97 Å². The monoisotopic (exact) mass is 274 g/mol. The molecule has 0 atom stereocenters. The molecule has 15 heavy (non-hydrogen) atoms. The highest BCUT2D eigenvalue weighted by Gasteiger charge is 2.16. The maximum atomic E-state index is 10.5. The first-order valence-electron chi connectivity index (χ1n) is 4.24. The number of carboxylic acid groups (broad SMARTS) is 1. The summed E-state index contributed by atoms with van der Waals surface area (Å²) in [4.78, 5) is 10.5. The van der Waals surface area contributed by atoms with Gasteiger partial charge in [0.25, 0.3) is 0 Å². The van der Waals surface area contributed by atoms with Gasteiger partial charge in [0.2, 0.25) is 0 Å². The van der Waals surface area contributed by atoms with Gasteiger partial charge in [0.1, 0.15) is 0 Å². The van der Waals surface area contributed by atoms with E-state index in [0.717, 1.165) is 5.56 Å². The van der Waals surface area contributed by atoms with E-state index in [2.05, 4.69) is 15.9 Å². The van der Waals surface area contributed by atoms with Crippen molar-refractivity contribution in [2.45, 2.75) is 13.3 Å². The van der Waals surface area contributed by atoms with Crippen molar-refractivity contribution in [1.29, 1.82) is 0 Å². The predicted octanol–water partition coefficient (Wildman–Crippen LogP) is 2.10. The highest BCUT2D eigenvalue weighted by Crippen LogP contribution is 2.38. The second-order valence-electron chi connectivity index (χ2n) is 3.09. The second kappa shape index (κ2) is 4.53. The van der Waals surface area contributed by atoms with Crippen LogP contribution in [0.3, 0.4) is 0 Å². The molecule has 4 nitrogen and oxygen atoms in total. The van der Waals surface area contributed by atoms with Crippen molar-refractivity contribution in [1.82, 2.24) is 0 Å². The third-order valence-corrected chi connectivity index (χ3v) is 2.89. The van der Waals surface area contributed by atoms with Crippen LogP contribution in [0.25, 0.3) is 0 Å². The molecule has 0 saturated heterocycles. The number of rotatable bonds is 3. The molecule has 1 rings (SSSR count). The Morgan fingerprint density at radius 3 is 2.67 bits per heavy atom. The summed E-state index contributed by atoms with van der Waals surface area (Å²) in [6.07, 6.45) is -0.235. The molecule has 1 aromatic carbocycles. The van der Waals surface area contributed by atoms with Crippen LogP contribution in [0.5, 0.6) is 11.5 Å². The zero-order valence-corrected chi connectivity index (χ0v) is 9.96. The van der Waals surface area contributed by atoms with Crippen molar-refractivity contribution < 1.29 is 19.7 Å². The summed E-state index contributed by atoms with van der Waals surface area (Å²) in [6, 6.07) is 1.58. The van der Waals surface area contributed by atoms with Crippen molar-refractivity contribution in [3.63, 3.8) is 0 Å². The third kappa shape index (κ3) is 2.41. The molecule has 2 N–H and O–H groups in total. The summed E-state index contributed by atoms with van der Waals surface area (Å²) in [6.45, 7) is 1.77. The zero-order chi connectivity index (χ0) is 11.6. The Morgan fingerprint density at radius 2 is 2.20 bits per heavy atom. The maximum absolute atomic E-state index is 10.5. The number of aliphatic carboxylic acids is 1. The molecule has 0 radical (unpaired) electrons. The SMILES string of the molecule is COc1c(C)c(Br)cc(CC(=O)O)c1O. The van der Waals surface area contributed by atoms with Gasteiger partial charge < -0.3 is 14.9 Å². The highest BCUT2D eigenvalue weighted by atomic mass is 79.9. The number of methoxy groups -OCH3 is 1.